The lowest BCUT2D eigenvalue weighted by Gasteiger charge is -2.36. The van der Waals surface area contributed by atoms with E-state index in [-0.39, 0.29) is 11.7 Å². The number of nitrogens with zero attached hydrogens (tertiary/aromatic N) is 1. The van der Waals surface area contributed by atoms with Gasteiger partial charge in [0.25, 0.3) is 0 Å². The zero-order valence-electron chi connectivity index (χ0n) is 14.4. The minimum Gasteiger partial charge on any atom is -0.381 e. The van der Waals surface area contributed by atoms with Crippen LogP contribution in [0.5, 0.6) is 0 Å². The normalized spacial score (nSPS) is 24.6. The summed E-state index contributed by atoms with van der Waals surface area (Å²) < 4.78 is 22.2. The molecule has 7 heteroatoms. The third-order valence-electron chi connectivity index (χ3n) is 4.49. The van der Waals surface area contributed by atoms with Crippen LogP contribution in [0.2, 0.25) is 0 Å². The quantitative estimate of drug-likeness (QED) is 0.385. The van der Waals surface area contributed by atoms with Crippen LogP contribution in [0.1, 0.15) is 25.7 Å². The number of methoxy groups -OCH3 is 1. The van der Waals surface area contributed by atoms with E-state index in [0.717, 1.165) is 77.8 Å². The molecular weight excluding hydrogens is 298 g/mol. The average molecular weight is 329 g/mol. The molecule has 134 valence electrons. The Morgan fingerprint density at radius 1 is 1.22 bits per heavy atom. The molecule has 2 N–H and O–H groups in total. The van der Waals surface area contributed by atoms with Gasteiger partial charge in [0.2, 0.25) is 0 Å². The SMILES string of the molecule is CN=C(NCCCOC1CCOC1)NCC1(OC)CCOCC1. The molecule has 1 atom stereocenters. The summed E-state index contributed by atoms with van der Waals surface area (Å²) in [5.74, 6) is 0.803. The van der Waals surface area contributed by atoms with E-state index in [0.29, 0.717) is 0 Å². The van der Waals surface area contributed by atoms with Crippen LogP contribution in [0.4, 0.5) is 0 Å². The lowest BCUT2D eigenvalue weighted by atomic mass is 9.94. The van der Waals surface area contributed by atoms with Crippen molar-refractivity contribution in [3.8, 4) is 0 Å². The predicted octanol–water partition coefficient (Wildman–Crippen LogP) is 0.543. The molecule has 2 saturated heterocycles. The fourth-order valence-electron chi connectivity index (χ4n) is 2.84. The Morgan fingerprint density at radius 3 is 2.70 bits per heavy atom. The summed E-state index contributed by atoms with van der Waals surface area (Å²) in [5, 5.41) is 6.68. The van der Waals surface area contributed by atoms with E-state index >= 15 is 0 Å². The first-order valence-corrected chi connectivity index (χ1v) is 8.55. The highest BCUT2D eigenvalue weighted by atomic mass is 16.5. The topological polar surface area (TPSA) is 73.3 Å². The standard InChI is InChI=1S/C16H31N3O4/c1-17-15(18-7-3-8-23-14-4-9-22-12-14)19-13-16(20-2)5-10-21-11-6-16/h14H,3-13H2,1-2H3,(H2,17,18,19). The van der Waals surface area contributed by atoms with Crippen LogP contribution >= 0.6 is 0 Å². The molecule has 2 rings (SSSR count). The number of hydrogen-bond donors (Lipinski definition) is 2. The van der Waals surface area contributed by atoms with E-state index in [4.69, 9.17) is 18.9 Å². The minimum absolute atomic E-state index is 0.151. The van der Waals surface area contributed by atoms with E-state index in [2.05, 4.69) is 15.6 Å². The van der Waals surface area contributed by atoms with Crippen molar-refractivity contribution in [2.75, 3.05) is 60.3 Å². The average Bonchev–Trinajstić information content (AvgIpc) is 3.11. The summed E-state index contributed by atoms with van der Waals surface area (Å²) >= 11 is 0. The summed E-state index contributed by atoms with van der Waals surface area (Å²) in [5.41, 5.74) is -0.151. The van der Waals surface area contributed by atoms with Gasteiger partial charge in [-0.05, 0) is 12.8 Å². The maximum absolute atomic E-state index is 5.75. The Kier molecular flexibility index (Phi) is 8.08. The summed E-state index contributed by atoms with van der Waals surface area (Å²) in [4.78, 5) is 4.26. The third kappa shape index (κ3) is 6.25. The second-order valence-electron chi connectivity index (χ2n) is 6.06. The van der Waals surface area contributed by atoms with Crippen LogP contribution in [-0.2, 0) is 18.9 Å². The zero-order chi connectivity index (χ0) is 16.4. The Morgan fingerprint density at radius 2 is 2.04 bits per heavy atom. The Labute approximate surface area is 139 Å². The van der Waals surface area contributed by atoms with Gasteiger partial charge in [-0.15, -0.1) is 0 Å². The van der Waals surface area contributed by atoms with E-state index in [9.17, 15) is 0 Å². The van der Waals surface area contributed by atoms with Crippen molar-refractivity contribution in [3.05, 3.63) is 0 Å². The summed E-state index contributed by atoms with van der Waals surface area (Å²) in [7, 11) is 3.55. The summed E-state index contributed by atoms with van der Waals surface area (Å²) in [6.07, 6.45) is 4.05. The first-order valence-electron chi connectivity index (χ1n) is 8.55. The molecule has 0 aromatic carbocycles. The molecule has 1 unspecified atom stereocenters. The van der Waals surface area contributed by atoms with Gasteiger partial charge < -0.3 is 29.6 Å². The van der Waals surface area contributed by atoms with Crippen LogP contribution in [0, 0.1) is 0 Å². The predicted molar refractivity (Wildman–Crippen MR) is 89.0 cm³/mol. The van der Waals surface area contributed by atoms with Crippen LogP contribution < -0.4 is 10.6 Å². The van der Waals surface area contributed by atoms with Crippen LogP contribution in [0.3, 0.4) is 0 Å². The first-order chi connectivity index (χ1) is 11.3. The lowest BCUT2D eigenvalue weighted by Crippen LogP contribution is -2.50. The van der Waals surface area contributed by atoms with Crippen LogP contribution in [-0.4, -0.2) is 77.9 Å². The van der Waals surface area contributed by atoms with Gasteiger partial charge in [0.05, 0.1) is 18.3 Å². The molecule has 7 nitrogen and oxygen atoms in total. The molecule has 0 spiro atoms. The molecule has 0 amide bonds. The molecule has 0 aromatic heterocycles. The molecule has 2 aliphatic rings. The largest absolute Gasteiger partial charge is 0.381 e. The molecule has 0 aromatic rings. The molecule has 2 aliphatic heterocycles. The molecule has 0 aliphatic carbocycles. The van der Waals surface area contributed by atoms with Crippen molar-refractivity contribution < 1.29 is 18.9 Å². The van der Waals surface area contributed by atoms with Crippen molar-refractivity contribution >= 4 is 5.96 Å². The number of aliphatic imine (C=N–C) groups is 1. The van der Waals surface area contributed by atoms with Crippen LogP contribution in [0.15, 0.2) is 4.99 Å². The van der Waals surface area contributed by atoms with Crippen molar-refractivity contribution in [3.63, 3.8) is 0 Å². The van der Waals surface area contributed by atoms with Crippen LogP contribution in [0.25, 0.3) is 0 Å². The van der Waals surface area contributed by atoms with Gasteiger partial charge in [0, 0.05) is 66.5 Å². The van der Waals surface area contributed by atoms with E-state index < -0.39 is 0 Å². The van der Waals surface area contributed by atoms with Crippen molar-refractivity contribution in [2.24, 2.45) is 4.99 Å². The van der Waals surface area contributed by atoms with Gasteiger partial charge in [-0.2, -0.15) is 0 Å². The zero-order valence-corrected chi connectivity index (χ0v) is 14.4. The number of ether oxygens (including phenoxy) is 4. The van der Waals surface area contributed by atoms with Gasteiger partial charge in [-0.25, -0.2) is 0 Å². The van der Waals surface area contributed by atoms with Gasteiger partial charge in [-0.1, -0.05) is 0 Å². The highest BCUT2D eigenvalue weighted by Gasteiger charge is 2.32. The third-order valence-corrected chi connectivity index (χ3v) is 4.49. The maximum atomic E-state index is 5.75. The molecule has 2 fully saturated rings. The molecule has 0 saturated carbocycles. The highest BCUT2D eigenvalue weighted by Crippen LogP contribution is 2.23. The monoisotopic (exact) mass is 329 g/mol. The Balaban J connectivity index is 1.59. The fourth-order valence-corrected chi connectivity index (χ4v) is 2.84. The number of nitrogens with one attached hydrogen (secondary N) is 2. The second kappa shape index (κ2) is 10.1. The van der Waals surface area contributed by atoms with Gasteiger partial charge in [0.1, 0.15) is 0 Å². The maximum Gasteiger partial charge on any atom is 0.191 e. The lowest BCUT2D eigenvalue weighted by molar-refractivity contribution is -0.0855. The van der Waals surface area contributed by atoms with Crippen molar-refractivity contribution in [1.82, 2.24) is 10.6 Å². The first kappa shape index (κ1) is 18.4. The van der Waals surface area contributed by atoms with E-state index in [1.54, 1.807) is 14.2 Å². The van der Waals surface area contributed by atoms with Crippen molar-refractivity contribution in [2.45, 2.75) is 37.4 Å². The highest BCUT2D eigenvalue weighted by molar-refractivity contribution is 5.79. The van der Waals surface area contributed by atoms with Gasteiger partial charge in [0.15, 0.2) is 5.96 Å². The Bertz CT molecular complexity index is 353. The summed E-state index contributed by atoms with van der Waals surface area (Å²) in [6, 6.07) is 0. The minimum atomic E-state index is -0.151. The number of hydrogen-bond acceptors (Lipinski definition) is 5. The smallest absolute Gasteiger partial charge is 0.191 e. The number of rotatable bonds is 8. The molecule has 0 bridgehead atoms. The molecule has 23 heavy (non-hydrogen) atoms. The van der Waals surface area contributed by atoms with E-state index in [1.807, 2.05) is 0 Å². The van der Waals surface area contributed by atoms with Gasteiger partial charge in [-0.3, -0.25) is 4.99 Å². The second-order valence-corrected chi connectivity index (χ2v) is 6.06. The van der Waals surface area contributed by atoms with Crippen molar-refractivity contribution in [1.29, 1.82) is 0 Å². The van der Waals surface area contributed by atoms with E-state index in [1.165, 1.54) is 0 Å². The summed E-state index contributed by atoms with van der Waals surface area (Å²) in [6.45, 7) is 5.38. The fraction of sp³-hybridized carbons (Fsp3) is 0.938. The molecule has 2 heterocycles. The molecule has 0 radical (unpaired) electrons. The Hall–Kier alpha value is -0.890. The number of guanidine groups is 1. The van der Waals surface area contributed by atoms with Gasteiger partial charge >= 0.3 is 0 Å². The molecular formula is C16H31N3O4.